The van der Waals surface area contributed by atoms with E-state index in [2.05, 4.69) is 39.8 Å². The number of halogens is 1. The Morgan fingerprint density at radius 3 is 2.69 bits per heavy atom. The van der Waals surface area contributed by atoms with E-state index in [1.807, 2.05) is 40.7 Å². The molecule has 0 spiro atoms. The third-order valence-corrected chi connectivity index (χ3v) is 3.89. The summed E-state index contributed by atoms with van der Waals surface area (Å²) in [6.45, 7) is 4.11. The molecule has 26 heavy (non-hydrogen) atoms. The normalized spacial score (nSPS) is 11.1. The minimum atomic E-state index is 0. The Labute approximate surface area is 170 Å². The van der Waals surface area contributed by atoms with E-state index in [-0.39, 0.29) is 24.0 Å². The smallest absolute Gasteiger partial charge is 0.191 e. The van der Waals surface area contributed by atoms with Crippen molar-refractivity contribution in [2.24, 2.45) is 12.0 Å². The Kier molecular flexibility index (Phi) is 7.64. The van der Waals surface area contributed by atoms with Crippen LogP contribution in [0.3, 0.4) is 0 Å². The van der Waals surface area contributed by atoms with Gasteiger partial charge in [0.15, 0.2) is 5.96 Å². The number of hydrogen-bond donors (Lipinski definition) is 2. The van der Waals surface area contributed by atoms with Gasteiger partial charge in [0, 0.05) is 32.2 Å². The number of aryl methyl sites for hydroxylation is 1. The highest BCUT2D eigenvalue weighted by atomic mass is 127. The monoisotopic (exact) mass is 465 g/mol. The highest BCUT2D eigenvalue weighted by Gasteiger charge is 2.05. The van der Waals surface area contributed by atoms with Gasteiger partial charge in [0.2, 0.25) is 0 Å². The van der Waals surface area contributed by atoms with Gasteiger partial charge in [-0.2, -0.15) is 5.10 Å². The topological polar surface area (TPSA) is 72.1 Å². The first-order valence-corrected chi connectivity index (χ1v) is 8.33. The highest BCUT2D eigenvalue weighted by Crippen LogP contribution is 2.15. The first-order chi connectivity index (χ1) is 12.3. The molecule has 0 saturated heterocycles. The molecule has 2 N–H and O–H groups in total. The van der Waals surface area contributed by atoms with Crippen molar-refractivity contribution in [1.82, 2.24) is 30.0 Å². The Morgan fingerprint density at radius 2 is 2.00 bits per heavy atom. The second kappa shape index (κ2) is 9.95. The van der Waals surface area contributed by atoms with Crippen LogP contribution in [0.25, 0.3) is 5.69 Å². The van der Waals surface area contributed by atoms with Crippen LogP contribution < -0.4 is 10.6 Å². The minimum Gasteiger partial charge on any atom is -0.357 e. The van der Waals surface area contributed by atoms with Gasteiger partial charge < -0.3 is 15.2 Å². The molecule has 8 heteroatoms. The zero-order chi connectivity index (χ0) is 17.5. The summed E-state index contributed by atoms with van der Waals surface area (Å²) in [5.74, 6) is 0.782. The number of guanidine groups is 1. The summed E-state index contributed by atoms with van der Waals surface area (Å²) in [5, 5.41) is 10.8. The van der Waals surface area contributed by atoms with Crippen LogP contribution in [0.2, 0.25) is 0 Å². The molecule has 2 heterocycles. The molecule has 7 nitrogen and oxygen atoms in total. The average Bonchev–Trinajstić information content (AvgIpc) is 3.29. The summed E-state index contributed by atoms with van der Waals surface area (Å²) in [7, 11) is 1.93. The van der Waals surface area contributed by atoms with Crippen LogP contribution in [0, 0.1) is 0 Å². The van der Waals surface area contributed by atoms with Crippen LogP contribution in [0.1, 0.15) is 18.2 Å². The third kappa shape index (κ3) is 5.07. The van der Waals surface area contributed by atoms with Crippen molar-refractivity contribution in [2.45, 2.75) is 20.0 Å². The van der Waals surface area contributed by atoms with Gasteiger partial charge in [0.25, 0.3) is 0 Å². The zero-order valence-corrected chi connectivity index (χ0v) is 17.3. The largest absolute Gasteiger partial charge is 0.357 e. The number of hydrogen-bond acceptors (Lipinski definition) is 3. The predicted molar refractivity (Wildman–Crippen MR) is 114 cm³/mol. The number of benzene rings is 1. The molecule has 0 unspecified atom stereocenters. The SMILES string of the molecule is CCNC(=NCc1ccccc1-n1ccnc1)NCc1ccnn1C.I. The molecule has 0 aliphatic rings. The maximum atomic E-state index is 4.71. The van der Waals surface area contributed by atoms with Crippen molar-refractivity contribution in [2.75, 3.05) is 6.54 Å². The van der Waals surface area contributed by atoms with Crippen LogP contribution in [-0.2, 0) is 20.1 Å². The Hall–Kier alpha value is -2.36. The van der Waals surface area contributed by atoms with E-state index in [1.54, 1.807) is 18.7 Å². The van der Waals surface area contributed by atoms with Gasteiger partial charge >= 0.3 is 0 Å². The van der Waals surface area contributed by atoms with E-state index in [1.165, 1.54) is 0 Å². The summed E-state index contributed by atoms with van der Waals surface area (Å²) < 4.78 is 3.85. The van der Waals surface area contributed by atoms with Gasteiger partial charge in [-0.05, 0) is 24.6 Å². The van der Waals surface area contributed by atoms with Crippen molar-refractivity contribution in [3.8, 4) is 5.69 Å². The van der Waals surface area contributed by atoms with E-state index < -0.39 is 0 Å². The van der Waals surface area contributed by atoms with Crippen molar-refractivity contribution in [3.63, 3.8) is 0 Å². The number of imidazole rings is 1. The van der Waals surface area contributed by atoms with Crippen molar-refractivity contribution < 1.29 is 0 Å². The fourth-order valence-electron chi connectivity index (χ4n) is 2.55. The van der Waals surface area contributed by atoms with Crippen LogP contribution >= 0.6 is 24.0 Å². The Bertz CT molecular complexity index is 824. The lowest BCUT2D eigenvalue weighted by atomic mass is 10.2. The summed E-state index contributed by atoms with van der Waals surface area (Å²) in [6.07, 6.45) is 7.31. The van der Waals surface area contributed by atoms with Crippen LogP contribution in [0.4, 0.5) is 0 Å². The fourth-order valence-corrected chi connectivity index (χ4v) is 2.55. The number of nitrogens with zero attached hydrogens (tertiary/aromatic N) is 5. The second-order valence-electron chi connectivity index (χ2n) is 5.59. The van der Waals surface area contributed by atoms with Crippen molar-refractivity contribution >= 4 is 29.9 Å². The molecule has 3 aromatic rings. The summed E-state index contributed by atoms with van der Waals surface area (Å²) >= 11 is 0. The standard InChI is InChI=1S/C18H23N7.HI/c1-3-20-18(22-13-16-8-9-23-24(16)2)21-12-15-6-4-5-7-17(15)25-11-10-19-14-25;/h4-11,14H,3,12-13H2,1-2H3,(H2,20,21,22);1H. The predicted octanol–water partition coefficient (Wildman–Crippen LogP) is 2.48. The van der Waals surface area contributed by atoms with Gasteiger partial charge in [-0.1, -0.05) is 18.2 Å². The molecule has 0 fully saturated rings. The maximum Gasteiger partial charge on any atom is 0.191 e. The molecule has 2 aromatic heterocycles. The summed E-state index contributed by atoms with van der Waals surface area (Å²) in [5.41, 5.74) is 3.33. The van der Waals surface area contributed by atoms with Crippen molar-refractivity contribution in [3.05, 3.63) is 66.5 Å². The van der Waals surface area contributed by atoms with Crippen molar-refractivity contribution in [1.29, 1.82) is 0 Å². The maximum absolute atomic E-state index is 4.71. The average molecular weight is 465 g/mol. The van der Waals surface area contributed by atoms with Gasteiger partial charge in [0.1, 0.15) is 0 Å². The van der Waals surface area contributed by atoms with Crippen LogP contribution in [0.15, 0.2) is 60.2 Å². The molecule has 0 atom stereocenters. The molecular formula is C18H24IN7. The number of nitrogens with one attached hydrogen (secondary N) is 2. The highest BCUT2D eigenvalue weighted by molar-refractivity contribution is 14.0. The van der Waals surface area contributed by atoms with E-state index >= 15 is 0 Å². The lowest BCUT2D eigenvalue weighted by Crippen LogP contribution is -2.37. The molecule has 0 aliphatic heterocycles. The Balaban J connectivity index is 0.00000243. The van der Waals surface area contributed by atoms with Gasteiger partial charge in [-0.25, -0.2) is 9.98 Å². The van der Waals surface area contributed by atoms with E-state index in [0.717, 1.165) is 29.4 Å². The molecule has 1 aromatic carbocycles. The van der Waals surface area contributed by atoms with Gasteiger partial charge in [-0.15, -0.1) is 24.0 Å². The van der Waals surface area contributed by atoms with E-state index in [4.69, 9.17) is 4.99 Å². The lowest BCUT2D eigenvalue weighted by molar-refractivity contribution is 0.685. The summed E-state index contributed by atoms with van der Waals surface area (Å²) in [4.78, 5) is 8.84. The van der Waals surface area contributed by atoms with Crippen LogP contribution in [-0.4, -0.2) is 31.8 Å². The molecule has 0 bridgehead atoms. The van der Waals surface area contributed by atoms with Crippen LogP contribution in [0.5, 0.6) is 0 Å². The first-order valence-electron chi connectivity index (χ1n) is 8.33. The molecule has 0 radical (unpaired) electrons. The Morgan fingerprint density at radius 1 is 1.15 bits per heavy atom. The zero-order valence-electron chi connectivity index (χ0n) is 15.0. The quantitative estimate of drug-likeness (QED) is 0.334. The lowest BCUT2D eigenvalue weighted by Gasteiger charge is -2.13. The molecular weight excluding hydrogens is 441 g/mol. The second-order valence-corrected chi connectivity index (χ2v) is 5.59. The minimum absolute atomic E-state index is 0. The number of aromatic nitrogens is 4. The molecule has 138 valence electrons. The first kappa shape index (κ1) is 20.0. The van der Waals surface area contributed by atoms with E-state index in [0.29, 0.717) is 13.1 Å². The number of aliphatic imine (C=N–C) groups is 1. The number of para-hydroxylation sites is 1. The van der Waals surface area contributed by atoms with E-state index in [9.17, 15) is 0 Å². The van der Waals surface area contributed by atoms with Gasteiger partial charge in [0.05, 0.1) is 30.8 Å². The number of rotatable bonds is 6. The molecule has 0 amide bonds. The third-order valence-electron chi connectivity index (χ3n) is 3.89. The van der Waals surface area contributed by atoms with Gasteiger partial charge in [-0.3, -0.25) is 4.68 Å². The molecule has 0 aliphatic carbocycles. The molecule has 3 rings (SSSR count). The summed E-state index contributed by atoms with van der Waals surface area (Å²) in [6, 6.07) is 10.2. The fraction of sp³-hybridized carbons (Fsp3) is 0.278. The molecule has 0 saturated carbocycles.